The second kappa shape index (κ2) is 12.7. The predicted octanol–water partition coefficient (Wildman–Crippen LogP) is 7.19. The lowest BCUT2D eigenvalue weighted by atomic mass is 9.77. The van der Waals surface area contributed by atoms with E-state index >= 15 is 8.78 Å². The molecule has 0 radical (unpaired) electrons. The molecule has 3 aliphatic rings. The number of nitrogens with zero attached hydrogens (tertiary/aromatic N) is 3. The molecular weight excluding hydrogens is 738 g/mol. The molecule has 3 aliphatic carbocycles. The third-order valence-electron chi connectivity index (χ3n) is 9.78. The van der Waals surface area contributed by atoms with Gasteiger partial charge in [-0.2, -0.15) is 27.1 Å². The number of amides is 1. The van der Waals surface area contributed by atoms with Gasteiger partial charge in [0.1, 0.15) is 41.0 Å². The van der Waals surface area contributed by atoms with Gasteiger partial charge in [-0.3, -0.25) is 14.3 Å². The minimum absolute atomic E-state index is 0.0385. The number of aromatic nitrogens is 3. The standard InChI is InChI=1S/C37H26F10N4O3/c38-20-8-17(9-21(39)12-20)7-19(10-23(52)14-51-32-29(31(50-51)37(45,46)47)25-13-27(25)36(32,43)44)30-24(18-1-4-28(40)26(11-18)33(48)53)3-2-22(49-30)5-6-34(54)15-35(41,42)16-34/h1-4,8-9,11-12,19,25,27,54H,7,10,13-16H2,(H2,48,53)/t19-,25+,27-/m1/s1. The Morgan fingerprint density at radius 2 is 1.69 bits per heavy atom. The van der Waals surface area contributed by atoms with E-state index in [-0.39, 0.29) is 34.5 Å². The molecule has 2 heterocycles. The molecule has 0 aliphatic heterocycles. The van der Waals surface area contributed by atoms with Gasteiger partial charge < -0.3 is 10.8 Å². The second-order valence-electron chi connectivity index (χ2n) is 13.9. The van der Waals surface area contributed by atoms with Crippen LogP contribution in [0.15, 0.2) is 48.5 Å². The van der Waals surface area contributed by atoms with Crippen LogP contribution in [0.4, 0.5) is 43.9 Å². The van der Waals surface area contributed by atoms with E-state index in [1.165, 1.54) is 18.2 Å². The van der Waals surface area contributed by atoms with Gasteiger partial charge >= 0.3 is 6.18 Å². The lowest BCUT2D eigenvalue weighted by Gasteiger charge is -2.39. The van der Waals surface area contributed by atoms with Crippen molar-refractivity contribution >= 4 is 11.7 Å². The van der Waals surface area contributed by atoms with Crippen molar-refractivity contribution in [2.24, 2.45) is 11.7 Å². The highest BCUT2D eigenvalue weighted by atomic mass is 19.4. The maximum absolute atomic E-state index is 15.3. The quantitative estimate of drug-likeness (QED) is 0.139. The first-order chi connectivity index (χ1) is 25.1. The summed E-state index contributed by atoms with van der Waals surface area (Å²) in [4.78, 5) is 30.2. The SMILES string of the molecule is NC(=O)c1cc(-c2ccc(C#CC3(O)CC(F)(F)C3)nc2[C@@H](CC(=O)Cn2nc(C(F)(F)F)c3c2C(F)(F)[C@@H]2C[C@H]32)Cc2cc(F)cc(F)c2)ccc1F. The lowest BCUT2D eigenvalue weighted by Crippen LogP contribution is -2.50. The van der Waals surface area contributed by atoms with E-state index in [4.69, 9.17) is 5.73 Å². The highest BCUT2D eigenvalue weighted by molar-refractivity contribution is 5.94. The number of carbonyl (C=O) groups excluding carboxylic acids is 2. The summed E-state index contributed by atoms with van der Waals surface area (Å²) in [6.07, 6.45) is -8.30. The first-order valence-corrected chi connectivity index (χ1v) is 16.4. The third-order valence-corrected chi connectivity index (χ3v) is 9.78. The number of carbonyl (C=O) groups is 2. The van der Waals surface area contributed by atoms with Gasteiger partial charge in [-0.1, -0.05) is 12.0 Å². The smallest absolute Gasteiger partial charge is 0.377 e. The van der Waals surface area contributed by atoms with E-state index in [1.807, 2.05) is 0 Å². The number of alkyl halides is 7. The number of Topliss-reactive ketones (excluding diaryl/α,β-unsaturated/α-hetero) is 1. The topological polar surface area (TPSA) is 111 Å². The zero-order chi connectivity index (χ0) is 39.1. The average molecular weight is 765 g/mol. The van der Waals surface area contributed by atoms with E-state index in [2.05, 4.69) is 21.9 Å². The number of ketones is 1. The van der Waals surface area contributed by atoms with Crippen molar-refractivity contribution in [2.45, 2.75) is 74.1 Å². The van der Waals surface area contributed by atoms with Crippen LogP contribution in [0.2, 0.25) is 0 Å². The number of nitrogens with two attached hydrogens (primary N) is 1. The molecule has 0 saturated heterocycles. The second-order valence-corrected chi connectivity index (χ2v) is 13.9. The molecule has 54 heavy (non-hydrogen) atoms. The van der Waals surface area contributed by atoms with Crippen LogP contribution in [0, 0.1) is 35.2 Å². The normalized spacial score (nSPS) is 20.6. The third kappa shape index (κ3) is 6.94. The summed E-state index contributed by atoms with van der Waals surface area (Å²) in [7, 11) is 0. The minimum atomic E-state index is -5.10. The molecule has 2 aromatic heterocycles. The number of aliphatic hydroxyl groups is 1. The van der Waals surface area contributed by atoms with Gasteiger partial charge in [-0.05, 0) is 72.2 Å². The Bertz CT molecular complexity index is 2260. The van der Waals surface area contributed by atoms with Crippen molar-refractivity contribution in [3.8, 4) is 23.0 Å². The van der Waals surface area contributed by atoms with Crippen LogP contribution in [0.1, 0.15) is 81.8 Å². The van der Waals surface area contributed by atoms with Crippen LogP contribution in [-0.2, 0) is 29.9 Å². The molecule has 7 nitrogen and oxygen atoms in total. The molecule has 2 aromatic carbocycles. The molecule has 2 fully saturated rings. The van der Waals surface area contributed by atoms with E-state index in [0.717, 1.165) is 24.3 Å². The number of pyridine rings is 1. The van der Waals surface area contributed by atoms with E-state index in [0.29, 0.717) is 10.7 Å². The fourth-order valence-electron chi connectivity index (χ4n) is 7.43. The zero-order valence-electron chi connectivity index (χ0n) is 27.6. The van der Waals surface area contributed by atoms with Crippen molar-refractivity contribution < 1.29 is 58.6 Å². The predicted molar refractivity (Wildman–Crippen MR) is 169 cm³/mol. The summed E-state index contributed by atoms with van der Waals surface area (Å²) >= 11 is 0. The average Bonchev–Trinajstić information content (AvgIpc) is 3.70. The largest absolute Gasteiger partial charge is 0.435 e. The molecule has 17 heteroatoms. The lowest BCUT2D eigenvalue weighted by molar-refractivity contribution is -0.176. The highest BCUT2D eigenvalue weighted by Crippen LogP contribution is 2.68. The van der Waals surface area contributed by atoms with Crippen molar-refractivity contribution in [2.75, 3.05) is 0 Å². The van der Waals surface area contributed by atoms with Gasteiger partial charge in [0.05, 0.1) is 24.1 Å². The number of hydrogen-bond acceptors (Lipinski definition) is 5. The first kappa shape index (κ1) is 37.1. The number of benzene rings is 2. The zero-order valence-corrected chi connectivity index (χ0v) is 27.6. The van der Waals surface area contributed by atoms with Crippen molar-refractivity contribution in [3.63, 3.8) is 0 Å². The Hall–Kier alpha value is -5.24. The van der Waals surface area contributed by atoms with Crippen molar-refractivity contribution in [1.29, 1.82) is 0 Å². The summed E-state index contributed by atoms with van der Waals surface area (Å²) in [5, 5.41) is 13.8. The molecule has 3 atom stereocenters. The van der Waals surface area contributed by atoms with Gasteiger partial charge in [0, 0.05) is 35.4 Å². The number of hydrogen-bond donors (Lipinski definition) is 2. The molecule has 7 rings (SSSR count). The van der Waals surface area contributed by atoms with Crippen LogP contribution in [-0.4, -0.2) is 43.1 Å². The van der Waals surface area contributed by atoms with Crippen molar-refractivity contribution in [1.82, 2.24) is 14.8 Å². The Kier molecular flexibility index (Phi) is 8.71. The maximum Gasteiger partial charge on any atom is 0.435 e. The number of primary amides is 1. The molecule has 0 unspecified atom stereocenters. The molecule has 0 bridgehead atoms. The van der Waals surface area contributed by atoms with Crippen LogP contribution in [0.5, 0.6) is 0 Å². The van der Waals surface area contributed by atoms with Gasteiger partial charge in [0.25, 0.3) is 17.8 Å². The van der Waals surface area contributed by atoms with Gasteiger partial charge in [0.2, 0.25) is 0 Å². The first-order valence-electron chi connectivity index (χ1n) is 16.4. The molecule has 3 N–H and O–H groups in total. The Labute approximate surface area is 299 Å². The Morgan fingerprint density at radius 3 is 2.31 bits per heavy atom. The summed E-state index contributed by atoms with van der Waals surface area (Å²) in [5.74, 6) is -10.9. The highest BCUT2D eigenvalue weighted by Gasteiger charge is 2.68. The summed E-state index contributed by atoms with van der Waals surface area (Å²) in [6, 6.07) is 8.24. The number of rotatable bonds is 9. The van der Waals surface area contributed by atoms with Crippen molar-refractivity contribution in [3.05, 3.63) is 105 Å². The maximum atomic E-state index is 15.3. The van der Waals surface area contributed by atoms with Crippen LogP contribution < -0.4 is 5.73 Å². The van der Waals surface area contributed by atoms with E-state index in [1.54, 1.807) is 0 Å². The molecule has 2 saturated carbocycles. The Morgan fingerprint density at radius 1 is 1.00 bits per heavy atom. The van der Waals surface area contributed by atoms with E-state index in [9.17, 15) is 49.8 Å². The molecule has 4 aromatic rings. The Balaban J connectivity index is 1.32. The number of halogens is 10. The van der Waals surface area contributed by atoms with E-state index < -0.39 is 125 Å². The summed E-state index contributed by atoms with van der Waals surface area (Å²) in [6.45, 7) is -1.06. The molecule has 282 valence electrons. The van der Waals surface area contributed by atoms with Gasteiger partial charge in [-0.15, -0.1) is 0 Å². The van der Waals surface area contributed by atoms with Crippen LogP contribution in [0.3, 0.4) is 0 Å². The number of fused-ring (bicyclic) bond motifs is 3. The fraction of sp³-hybridized carbons (Fsp3) is 0.351. The van der Waals surface area contributed by atoms with Crippen LogP contribution >= 0.6 is 0 Å². The minimum Gasteiger partial charge on any atom is -0.377 e. The monoisotopic (exact) mass is 764 g/mol. The van der Waals surface area contributed by atoms with Gasteiger partial charge in [0.15, 0.2) is 11.5 Å². The van der Waals surface area contributed by atoms with Gasteiger partial charge in [-0.25, -0.2) is 26.9 Å². The molecule has 0 spiro atoms. The summed E-state index contributed by atoms with van der Waals surface area (Å²) in [5.41, 5.74) is -0.629. The molecule has 1 amide bonds. The van der Waals surface area contributed by atoms with Crippen LogP contribution in [0.25, 0.3) is 11.1 Å². The fourth-order valence-corrected chi connectivity index (χ4v) is 7.43. The summed E-state index contributed by atoms with van der Waals surface area (Å²) < 4.78 is 143. The molecular formula is C37H26F10N4O3.